The van der Waals surface area contributed by atoms with Gasteiger partial charge in [-0.05, 0) is 43.3 Å². The summed E-state index contributed by atoms with van der Waals surface area (Å²) < 4.78 is 32.8. The molecule has 0 heterocycles. The van der Waals surface area contributed by atoms with Gasteiger partial charge in [0.25, 0.3) is 15.7 Å². The molecule has 172 valence electrons. The third-order valence-electron chi connectivity index (χ3n) is 4.82. The number of hydrogen-bond donors (Lipinski definition) is 1. The smallest absolute Gasteiger partial charge is 0.274 e. The molecule has 11 heteroatoms. The van der Waals surface area contributed by atoms with Gasteiger partial charge in [-0.15, -0.1) is 0 Å². The minimum absolute atomic E-state index is 0.0173. The maximum absolute atomic E-state index is 13.4. The first kappa shape index (κ1) is 24.0. The number of rotatable bonds is 8. The number of carbonyl (C=O) groups excluding carboxylic acids is 1. The number of nitro benzene ring substituents is 1. The van der Waals surface area contributed by atoms with Gasteiger partial charge in [0.05, 0.1) is 38.9 Å². The maximum atomic E-state index is 13.4. The van der Waals surface area contributed by atoms with Gasteiger partial charge in [-0.1, -0.05) is 35.9 Å². The standard InChI is InChI=1S/C22H20ClN3O6S/c1-15-19(9-6-10-20(15)26(28)29)24-22(27)14-25(16-11-12-21(32-2)18(23)13-16)33(30,31)17-7-4-3-5-8-17/h3-13H,14H2,1-2H3,(H,24,27). The van der Waals surface area contributed by atoms with E-state index < -0.39 is 27.4 Å². The van der Waals surface area contributed by atoms with E-state index in [1.54, 1.807) is 18.2 Å². The zero-order chi connectivity index (χ0) is 24.2. The number of halogens is 1. The normalized spacial score (nSPS) is 11.0. The molecule has 0 aromatic heterocycles. The highest BCUT2D eigenvalue weighted by Gasteiger charge is 2.28. The highest BCUT2D eigenvalue weighted by atomic mass is 35.5. The van der Waals surface area contributed by atoms with Crippen LogP contribution in [0.3, 0.4) is 0 Å². The minimum atomic E-state index is -4.14. The number of hydrogen-bond acceptors (Lipinski definition) is 6. The van der Waals surface area contributed by atoms with E-state index in [9.17, 15) is 23.3 Å². The molecule has 3 aromatic carbocycles. The van der Waals surface area contributed by atoms with Crippen molar-refractivity contribution in [1.29, 1.82) is 0 Å². The van der Waals surface area contributed by atoms with Gasteiger partial charge in [-0.3, -0.25) is 19.2 Å². The van der Waals surface area contributed by atoms with E-state index in [1.807, 2.05) is 0 Å². The first-order valence-corrected chi connectivity index (χ1v) is 11.4. The number of amides is 1. The molecule has 3 rings (SSSR count). The Morgan fingerprint density at radius 3 is 2.42 bits per heavy atom. The first-order chi connectivity index (χ1) is 15.6. The van der Waals surface area contributed by atoms with E-state index in [0.717, 1.165) is 4.31 Å². The van der Waals surface area contributed by atoms with Crippen LogP contribution in [-0.2, 0) is 14.8 Å². The van der Waals surface area contributed by atoms with Crippen LogP contribution in [0.5, 0.6) is 5.75 Å². The maximum Gasteiger partial charge on any atom is 0.274 e. The topological polar surface area (TPSA) is 119 Å². The lowest BCUT2D eigenvalue weighted by Gasteiger charge is -2.24. The molecule has 33 heavy (non-hydrogen) atoms. The Bertz CT molecular complexity index is 1300. The molecule has 0 saturated carbocycles. The van der Waals surface area contributed by atoms with Gasteiger partial charge in [0.15, 0.2) is 0 Å². The predicted molar refractivity (Wildman–Crippen MR) is 125 cm³/mol. The summed E-state index contributed by atoms with van der Waals surface area (Å²) >= 11 is 6.19. The van der Waals surface area contributed by atoms with Crippen molar-refractivity contribution in [3.8, 4) is 5.75 Å². The average molecular weight is 490 g/mol. The van der Waals surface area contributed by atoms with Crippen molar-refractivity contribution in [3.05, 3.63) is 87.4 Å². The monoisotopic (exact) mass is 489 g/mol. The second-order valence-electron chi connectivity index (χ2n) is 6.90. The van der Waals surface area contributed by atoms with Crippen LogP contribution in [-0.4, -0.2) is 32.9 Å². The van der Waals surface area contributed by atoms with Crippen LogP contribution in [0.25, 0.3) is 0 Å². The summed E-state index contributed by atoms with van der Waals surface area (Å²) in [7, 11) is -2.72. The van der Waals surface area contributed by atoms with Crippen molar-refractivity contribution in [2.24, 2.45) is 0 Å². The van der Waals surface area contributed by atoms with Crippen molar-refractivity contribution >= 4 is 44.6 Å². The summed E-state index contributed by atoms with van der Waals surface area (Å²) in [6.45, 7) is 0.900. The number of anilines is 2. The van der Waals surface area contributed by atoms with Gasteiger partial charge >= 0.3 is 0 Å². The van der Waals surface area contributed by atoms with Crippen LogP contribution in [0.15, 0.2) is 71.6 Å². The molecule has 0 aliphatic heterocycles. The van der Waals surface area contributed by atoms with Crippen LogP contribution < -0.4 is 14.4 Å². The molecule has 1 N–H and O–H groups in total. The lowest BCUT2D eigenvalue weighted by atomic mass is 10.1. The van der Waals surface area contributed by atoms with Gasteiger partial charge in [0, 0.05) is 6.07 Å². The lowest BCUT2D eigenvalue weighted by Crippen LogP contribution is -2.38. The molecular weight excluding hydrogens is 470 g/mol. The summed E-state index contributed by atoms with van der Waals surface area (Å²) in [6, 6.07) is 16.2. The van der Waals surface area contributed by atoms with Crippen molar-refractivity contribution in [3.63, 3.8) is 0 Å². The molecule has 0 spiro atoms. The van der Waals surface area contributed by atoms with Gasteiger partial charge < -0.3 is 10.1 Å². The van der Waals surface area contributed by atoms with E-state index in [0.29, 0.717) is 5.75 Å². The number of methoxy groups -OCH3 is 1. The molecule has 0 atom stereocenters. The molecule has 0 bridgehead atoms. The molecule has 0 saturated heterocycles. The van der Waals surface area contributed by atoms with Gasteiger partial charge in [-0.2, -0.15) is 0 Å². The number of nitro groups is 1. The van der Waals surface area contributed by atoms with Crippen LogP contribution in [0, 0.1) is 17.0 Å². The lowest BCUT2D eigenvalue weighted by molar-refractivity contribution is -0.385. The fourth-order valence-electron chi connectivity index (χ4n) is 3.12. The van der Waals surface area contributed by atoms with Crippen molar-refractivity contribution < 1.29 is 22.9 Å². The number of benzene rings is 3. The molecular formula is C22H20ClN3O6S. The molecule has 0 aliphatic carbocycles. The second kappa shape index (κ2) is 9.88. The van der Waals surface area contributed by atoms with Gasteiger partial charge in [-0.25, -0.2) is 8.42 Å². The van der Waals surface area contributed by atoms with Crippen LogP contribution >= 0.6 is 11.6 Å². The van der Waals surface area contributed by atoms with Crippen molar-refractivity contribution in [2.75, 3.05) is 23.3 Å². The van der Waals surface area contributed by atoms with E-state index in [-0.39, 0.29) is 32.5 Å². The van der Waals surface area contributed by atoms with Crippen LogP contribution in [0.1, 0.15) is 5.56 Å². The van der Waals surface area contributed by atoms with E-state index in [4.69, 9.17) is 16.3 Å². The quantitative estimate of drug-likeness (QED) is 0.370. The van der Waals surface area contributed by atoms with Crippen LogP contribution in [0.2, 0.25) is 5.02 Å². The fourth-order valence-corrected chi connectivity index (χ4v) is 4.81. The van der Waals surface area contributed by atoms with Crippen LogP contribution in [0.4, 0.5) is 17.1 Å². The number of sulfonamides is 1. The van der Waals surface area contributed by atoms with Gasteiger partial charge in [0.1, 0.15) is 12.3 Å². The Hall–Kier alpha value is -3.63. The first-order valence-electron chi connectivity index (χ1n) is 9.60. The fraction of sp³-hybridized carbons (Fsp3) is 0.136. The Kier molecular flexibility index (Phi) is 7.19. The summed E-state index contributed by atoms with van der Waals surface area (Å²) in [5, 5.41) is 13.9. The number of carbonyl (C=O) groups is 1. The summed E-state index contributed by atoms with van der Waals surface area (Å²) in [4.78, 5) is 23.5. The summed E-state index contributed by atoms with van der Waals surface area (Å²) in [6.07, 6.45) is 0. The molecule has 0 unspecified atom stereocenters. The number of nitrogens with one attached hydrogen (secondary N) is 1. The van der Waals surface area contributed by atoms with Crippen molar-refractivity contribution in [2.45, 2.75) is 11.8 Å². The third-order valence-corrected chi connectivity index (χ3v) is 6.90. The minimum Gasteiger partial charge on any atom is -0.495 e. The van der Waals surface area contributed by atoms with E-state index in [1.165, 1.54) is 62.6 Å². The Labute approximate surface area is 195 Å². The highest BCUT2D eigenvalue weighted by Crippen LogP contribution is 2.32. The SMILES string of the molecule is COc1ccc(N(CC(=O)Nc2cccc([N+](=O)[O-])c2C)S(=O)(=O)c2ccccc2)cc1Cl. The molecule has 0 aliphatic rings. The largest absolute Gasteiger partial charge is 0.495 e. The number of ether oxygens (including phenoxy) is 1. The summed E-state index contributed by atoms with van der Waals surface area (Å²) in [5.41, 5.74) is 0.443. The molecule has 0 radical (unpaired) electrons. The second-order valence-corrected chi connectivity index (χ2v) is 9.17. The zero-order valence-corrected chi connectivity index (χ0v) is 19.3. The summed E-state index contributed by atoms with van der Waals surface area (Å²) in [5.74, 6) is -0.348. The molecule has 1 amide bonds. The molecule has 9 nitrogen and oxygen atoms in total. The van der Waals surface area contributed by atoms with Crippen molar-refractivity contribution in [1.82, 2.24) is 0 Å². The zero-order valence-electron chi connectivity index (χ0n) is 17.7. The Morgan fingerprint density at radius 2 is 1.82 bits per heavy atom. The van der Waals surface area contributed by atoms with Gasteiger partial charge in [0.2, 0.25) is 5.91 Å². The molecule has 3 aromatic rings. The third kappa shape index (κ3) is 5.24. The Morgan fingerprint density at radius 1 is 1.12 bits per heavy atom. The molecule has 0 fully saturated rings. The van der Waals surface area contributed by atoms with E-state index >= 15 is 0 Å². The Balaban J connectivity index is 1.99. The highest BCUT2D eigenvalue weighted by molar-refractivity contribution is 7.92. The van der Waals surface area contributed by atoms with E-state index in [2.05, 4.69) is 5.32 Å². The predicted octanol–water partition coefficient (Wildman–Crippen LogP) is 4.40. The number of nitrogens with zero attached hydrogens (tertiary/aromatic N) is 2. The average Bonchev–Trinajstić information content (AvgIpc) is 2.79.